The van der Waals surface area contributed by atoms with Gasteiger partial charge in [-0.15, -0.1) is 0 Å². The third kappa shape index (κ3) is 2.18. The first-order valence-electron chi connectivity index (χ1n) is 2.81. The molecule has 54 valence electrons. The Morgan fingerprint density at radius 1 is 1.20 bits per heavy atom. The van der Waals surface area contributed by atoms with Crippen molar-refractivity contribution >= 4 is 23.5 Å². The number of rotatable bonds is 2. The fraction of sp³-hybridized carbons (Fsp3) is 0.143. The molecule has 0 aliphatic carbocycles. The molecule has 3 heteroatoms. The maximum atomic E-state index is 5.64. The predicted octanol–water partition coefficient (Wildman–Crippen LogP) is 3.01. The van der Waals surface area contributed by atoms with Gasteiger partial charge in [0.15, 0.2) is 0 Å². The molecule has 10 heavy (non-hydrogen) atoms. The molecule has 0 amide bonds. The molecule has 0 unspecified atom stereocenters. The summed E-state index contributed by atoms with van der Waals surface area (Å²) in [4.78, 5) is 0. The van der Waals surface area contributed by atoms with Crippen molar-refractivity contribution in [3.8, 4) is 0 Å². The van der Waals surface area contributed by atoms with Crippen molar-refractivity contribution in [3.63, 3.8) is 0 Å². The van der Waals surface area contributed by atoms with Gasteiger partial charge in [-0.1, -0.05) is 23.7 Å². The Morgan fingerprint density at radius 3 is 2.30 bits per heavy atom. The van der Waals surface area contributed by atoms with Gasteiger partial charge < -0.3 is 0 Å². The van der Waals surface area contributed by atoms with Crippen LogP contribution in [0.25, 0.3) is 0 Å². The van der Waals surface area contributed by atoms with Crippen molar-refractivity contribution in [2.75, 3.05) is 0 Å². The van der Waals surface area contributed by atoms with Crippen LogP contribution in [-0.2, 0) is 10.9 Å². The first-order chi connectivity index (χ1) is 4.83. The number of hydrogen-bond donors (Lipinski definition) is 0. The fourth-order valence-corrected chi connectivity index (χ4v) is 0.896. The lowest BCUT2D eigenvalue weighted by Crippen LogP contribution is -1.81. The van der Waals surface area contributed by atoms with Crippen LogP contribution in [0.3, 0.4) is 0 Å². The zero-order chi connectivity index (χ0) is 7.40. The van der Waals surface area contributed by atoms with Gasteiger partial charge in [0.2, 0.25) is 0 Å². The molecule has 0 aliphatic heterocycles. The van der Waals surface area contributed by atoms with Gasteiger partial charge in [0, 0.05) is 5.02 Å². The quantitative estimate of drug-likeness (QED) is 0.674. The summed E-state index contributed by atoms with van der Waals surface area (Å²) >= 11 is 10.7. The van der Waals surface area contributed by atoms with Gasteiger partial charge in [-0.2, -0.15) is 0 Å². The van der Waals surface area contributed by atoms with E-state index in [9.17, 15) is 0 Å². The van der Waals surface area contributed by atoms with E-state index in [4.69, 9.17) is 23.5 Å². The van der Waals surface area contributed by atoms with E-state index in [0.29, 0.717) is 6.61 Å². The van der Waals surface area contributed by atoms with E-state index >= 15 is 0 Å². The molecule has 0 bridgehead atoms. The van der Waals surface area contributed by atoms with Crippen LogP contribution < -0.4 is 0 Å². The summed E-state index contributed by atoms with van der Waals surface area (Å²) in [6, 6.07) is 7.33. The van der Waals surface area contributed by atoms with Gasteiger partial charge >= 0.3 is 0 Å². The Labute approximate surface area is 69.7 Å². The minimum Gasteiger partial charge on any atom is -0.274 e. The summed E-state index contributed by atoms with van der Waals surface area (Å²) in [7, 11) is 0. The van der Waals surface area contributed by atoms with E-state index in [0.717, 1.165) is 10.6 Å². The summed E-state index contributed by atoms with van der Waals surface area (Å²) in [6.45, 7) is 0.415. The third-order valence-corrected chi connectivity index (χ3v) is 1.50. The highest BCUT2D eigenvalue weighted by Crippen LogP contribution is 2.10. The Bertz CT molecular complexity index is 195. The zero-order valence-electron chi connectivity index (χ0n) is 5.18. The molecule has 0 saturated heterocycles. The lowest BCUT2D eigenvalue weighted by atomic mass is 10.2. The van der Waals surface area contributed by atoms with Gasteiger partial charge in [0.1, 0.15) is 0 Å². The average Bonchev–Trinajstić information content (AvgIpc) is 1.95. The maximum Gasteiger partial charge on any atom is 0.0933 e. The minimum atomic E-state index is 0.415. The molecule has 1 rings (SSSR count). The van der Waals surface area contributed by atoms with Gasteiger partial charge in [0.25, 0.3) is 0 Å². The van der Waals surface area contributed by atoms with Gasteiger partial charge in [-0.05, 0) is 17.7 Å². The summed E-state index contributed by atoms with van der Waals surface area (Å²) in [5, 5.41) is 0.721. The van der Waals surface area contributed by atoms with E-state index in [1.807, 2.05) is 12.1 Å². The highest BCUT2D eigenvalue weighted by molar-refractivity contribution is 6.30. The fourth-order valence-electron chi connectivity index (χ4n) is 0.644. The first kappa shape index (κ1) is 7.86. The molecule has 1 aromatic carbocycles. The van der Waals surface area contributed by atoms with Crippen LogP contribution in [0.2, 0.25) is 5.02 Å². The molecule has 0 fully saturated rings. The standard InChI is InChI=1S/C7H6Cl2O/c8-7-3-1-6(2-4-7)5-10-9/h1-4H,5H2. The topological polar surface area (TPSA) is 9.23 Å². The van der Waals surface area contributed by atoms with Gasteiger partial charge in [0.05, 0.1) is 18.5 Å². The molecule has 0 heterocycles. The molecular formula is C7H6Cl2O. The number of halogens is 2. The summed E-state index contributed by atoms with van der Waals surface area (Å²) in [6.07, 6.45) is 0. The average molecular weight is 177 g/mol. The van der Waals surface area contributed by atoms with Crippen molar-refractivity contribution in [1.82, 2.24) is 0 Å². The second-order valence-corrected chi connectivity index (χ2v) is 2.53. The molecular weight excluding hydrogens is 171 g/mol. The van der Waals surface area contributed by atoms with Crippen LogP contribution in [0.15, 0.2) is 24.3 Å². The van der Waals surface area contributed by atoms with E-state index in [1.54, 1.807) is 12.1 Å². The minimum absolute atomic E-state index is 0.415. The second-order valence-electron chi connectivity index (χ2n) is 1.88. The van der Waals surface area contributed by atoms with Crippen LogP contribution >= 0.6 is 23.5 Å². The number of benzene rings is 1. The largest absolute Gasteiger partial charge is 0.274 e. The Balaban J connectivity index is 2.69. The lowest BCUT2D eigenvalue weighted by Gasteiger charge is -1.95. The van der Waals surface area contributed by atoms with Crippen LogP contribution in [-0.4, -0.2) is 0 Å². The van der Waals surface area contributed by atoms with E-state index in [-0.39, 0.29) is 0 Å². The van der Waals surface area contributed by atoms with E-state index < -0.39 is 0 Å². The molecule has 0 N–H and O–H groups in total. The van der Waals surface area contributed by atoms with E-state index in [1.165, 1.54) is 0 Å². The Kier molecular flexibility index (Phi) is 3.00. The molecule has 0 aliphatic rings. The smallest absolute Gasteiger partial charge is 0.0933 e. The monoisotopic (exact) mass is 176 g/mol. The van der Waals surface area contributed by atoms with Crippen molar-refractivity contribution in [2.24, 2.45) is 0 Å². The van der Waals surface area contributed by atoms with E-state index in [2.05, 4.69) is 4.29 Å². The summed E-state index contributed by atoms with van der Waals surface area (Å²) in [5.74, 6) is 0. The molecule has 0 spiro atoms. The van der Waals surface area contributed by atoms with Crippen molar-refractivity contribution in [2.45, 2.75) is 6.61 Å². The highest BCUT2D eigenvalue weighted by Gasteiger charge is 1.90. The van der Waals surface area contributed by atoms with Crippen molar-refractivity contribution in [3.05, 3.63) is 34.9 Å². The Hall–Kier alpha value is -0.240. The lowest BCUT2D eigenvalue weighted by molar-refractivity contribution is 0.341. The maximum absolute atomic E-state index is 5.64. The molecule has 0 saturated carbocycles. The molecule has 0 aromatic heterocycles. The van der Waals surface area contributed by atoms with Crippen LogP contribution in [0, 0.1) is 0 Å². The predicted molar refractivity (Wildman–Crippen MR) is 42.1 cm³/mol. The second kappa shape index (κ2) is 3.81. The third-order valence-electron chi connectivity index (χ3n) is 1.13. The highest BCUT2D eigenvalue weighted by atomic mass is 35.5. The molecule has 1 aromatic rings. The van der Waals surface area contributed by atoms with Gasteiger partial charge in [-0.3, -0.25) is 4.29 Å². The van der Waals surface area contributed by atoms with Crippen LogP contribution in [0.1, 0.15) is 5.56 Å². The summed E-state index contributed by atoms with van der Waals surface area (Å²) in [5.41, 5.74) is 1.01. The van der Waals surface area contributed by atoms with Crippen molar-refractivity contribution < 1.29 is 4.29 Å². The SMILES string of the molecule is ClOCc1ccc(Cl)cc1. The Morgan fingerprint density at radius 2 is 1.80 bits per heavy atom. The molecule has 0 radical (unpaired) electrons. The summed E-state index contributed by atoms with van der Waals surface area (Å²) < 4.78 is 4.40. The zero-order valence-corrected chi connectivity index (χ0v) is 6.69. The molecule has 0 atom stereocenters. The number of hydrogen-bond acceptors (Lipinski definition) is 1. The van der Waals surface area contributed by atoms with Gasteiger partial charge in [-0.25, -0.2) is 0 Å². The first-order valence-corrected chi connectivity index (χ1v) is 3.49. The van der Waals surface area contributed by atoms with Crippen molar-refractivity contribution in [1.29, 1.82) is 0 Å². The molecule has 1 nitrogen and oxygen atoms in total. The van der Waals surface area contributed by atoms with Crippen LogP contribution in [0.5, 0.6) is 0 Å². The van der Waals surface area contributed by atoms with Crippen LogP contribution in [0.4, 0.5) is 0 Å². The normalized spacial score (nSPS) is 9.80.